The highest BCUT2D eigenvalue weighted by molar-refractivity contribution is 6.21. The van der Waals surface area contributed by atoms with Gasteiger partial charge in [0.05, 0.1) is 6.34 Å². The number of nitrogens with one attached hydrogen (secondary N) is 1. The smallest absolute Gasteiger partial charge is 0.168 e. The molecule has 0 saturated heterocycles. The van der Waals surface area contributed by atoms with Crippen LogP contribution in [0.25, 0.3) is 0 Å². The zero-order valence-electron chi connectivity index (χ0n) is 13.8. The van der Waals surface area contributed by atoms with Gasteiger partial charge in [-0.1, -0.05) is 26.7 Å². The first-order chi connectivity index (χ1) is 10.8. The van der Waals surface area contributed by atoms with Crippen LogP contribution in [0.15, 0.2) is 20.0 Å². The van der Waals surface area contributed by atoms with Crippen LogP contribution in [0.3, 0.4) is 0 Å². The third-order valence-corrected chi connectivity index (χ3v) is 3.89. The van der Waals surface area contributed by atoms with Gasteiger partial charge in [-0.05, 0) is 38.9 Å². The minimum absolute atomic E-state index is 0.110. The average Bonchev–Trinajstić information content (AvgIpc) is 3.02. The van der Waals surface area contributed by atoms with Crippen LogP contribution < -0.4 is 5.32 Å². The van der Waals surface area contributed by atoms with Gasteiger partial charge in [0.2, 0.25) is 0 Å². The fourth-order valence-electron chi connectivity index (χ4n) is 2.56. The first-order valence-electron chi connectivity index (χ1n) is 8.50. The minimum Gasteiger partial charge on any atom is -0.332 e. The molecule has 0 bridgehead atoms. The summed E-state index contributed by atoms with van der Waals surface area (Å²) < 4.78 is 0. The predicted octanol–water partition coefficient (Wildman–Crippen LogP) is 2.12. The van der Waals surface area contributed by atoms with Gasteiger partial charge in [0.25, 0.3) is 0 Å². The number of hydrogen-bond donors (Lipinski definition) is 1. The molecule has 1 unspecified atom stereocenters. The lowest BCUT2D eigenvalue weighted by atomic mass is 10.2. The summed E-state index contributed by atoms with van der Waals surface area (Å²) in [6.45, 7) is 8.84. The number of nitrogens with zero attached hydrogens (tertiary/aromatic N) is 5. The van der Waals surface area contributed by atoms with Crippen molar-refractivity contribution in [3.05, 3.63) is 0 Å². The van der Waals surface area contributed by atoms with Gasteiger partial charge in [-0.2, -0.15) is 0 Å². The van der Waals surface area contributed by atoms with E-state index in [1.807, 2.05) is 0 Å². The summed E-state index contributed by atoms with van der Waals surface area (Å²) >= 11 is 0. The molecule has 22 heavy (non-hydrogen) atoms. The van der Waals surface area contributed by atoms with Gasteiger partial charge in [0, 0.05) is 6.54 Å². The van der Waals surface area contributed by atoms with Crippen molar-refractivity contribution in [1.82, 2.24) is 10.2 Å². The van der Waals surface area contributed by atoms with Crippen molar-refractivity contribution in [2.24, 2.45) is 20.0 Å². The van der Waals surface area contributed by atoms with E-state index in [1.165, 1.54) is 38.8 Å². The normalized spacial score (nSPS) is 21.3. The Bertz CT molecular complexity index is 444. The van der Waals surface area contributed by atoms with Crippen LogP contribution in [0.1, 0.15) is 46.0 Å². The van der Waals surface area contributed by atoms with Crippen LogP contribution in [-0.4, -0.2) is 61.5 Å². The fraction of sp³-hybridized carbons (Fsp3) is 0.750. The van der Waals surface area contributed by atoms with Crippen molar-refractivity contribution in [3.8, 4) is 0 Å². The van der Waals surface area contributed by atoms with Crippen molar-refractivity contribution >= 4 is 24.3 Å². The molecule has 0 aromatic heterocycles. The lowest BCUT2D eigenvalue weighted by Gasteiger charge is -2.21. The summed E-state index contributed by atoms with van der Waals surface area (Å²) in [6.07, 6.45) is 9.38. The van der Waals surface area contributed by atoms with Crippen molar-refractivity contribution < 1.29 is 0 Å². The van der Waals surface area contributed by atoms with Crippen molar-refractivity contribution in [1.29, 1.82) is 0 Å². The van der Waals surface area contributed by atoms with E-state index in [0.717, 1.165) is 31.2 Å². The first kappa shape index (κ1) is 16.8. The molecule has 0 saturated carbocycles. The van der Waals surface area contributed by atoms with Crippen LogP contribution in [0, 0.1) is 0 Å². The molecule has 1 atom stereocenters. The zero-order chi connectivity index (χ0) is 15.6. The SMILES string of the molecule is CCCCN(CCCC)CCCN=C1N=CNC2=NC=NC12. The highest BCUT2D eigenvalue weighted by atomic mass is 15.2. The van der Waals surface area contributed by atoms with E-state index in [9.17, 15) is 0 Å². The number of fused-ring (bicyclic) bond motifs is 1. The lowest BCUT2D eigenvalue weighted by molar-refractivity contribution is 0.263. The molecule has 2 aliphatic rings. The van der Waals surface area contributed by atoms with E-state index in [1.54, 1.807) is 12.7 Å². The van der Waals surface area contributed by atoms with E-state index in [2.05, 4.69) is 44.0 Å². The van der Waals surface area contributed by atoms with Crippen molar-refractivity contribution in [3.63, 3.8) is 0 Å². The van der Waals surface area contributed by atoms with Crippen LogP contribution in [0.2, 0.25) is 0 Å². The Morgan fingerprint density at radius 3 is 2.59 bits per heavy atom. The van der Waals surface area contributed by atoms with E-state index >= 15 is 0 Å². The second-order valence-corrected chi connectivity index (χ2v) is 5.73. The number of unbranched alkanes of at least 4 members (excludes halogenated alkanes) is 2. The van der Waals surface area contributed by atoms with E-state index in [-0.39, 0.29) is 6.04 Å². The molecule has 0 aromatic carbocycles. The molecule has 2 aliphatic heterocycles. The summed E-state index contributed by atoms with van der Waals surface area (Å²) in [4.78, 5) is 19.9. The highest BCUT2D eigenvalue weighted by Gasteiger charge is 2.25. The molecule has 1 N–H and O–H groups in total. The maximum Gasteiger partial charge on any atom is 0.168 e. The predicted molar refractivity (Wildman–Crippen MR) is 94.5 cm³/mol. The summed E-state index contributed by atoms with van der Waals surface area (Å²) in [5.41, 5.74) is 0. The van der Waals surface area contributed by atoms with Gasteiger partial charge in [0.1, 0.15) is 12.2 Å². The Labute approximate surface area is 133 Å². The van der Waals surface area contributed by atoms with Gasteiger partial charge in [-0.25, -0.2) is 9.98 Å². The average molecular weight is 304 g/mol. The molecule has 0 aliphatic carbocycles. The Morgan fingerprint density at radius 1 is 1.14 bits per heavy atom. The molecule has 6 nitrogen and oxygen atoms in total. The third-order valence-electron chi connectivity index (χ3n) is 3.89. The molecule has 122 valence electrons. The maximum atomic E-state index is 4.62. The largest absolute Gasteiger partial charge is 0.332 e. The second kappa shape index (κ2) is 9.46. The number of amidine groups is 2. The molecule has 0 amide bonds. The second-order valence-electron chi connectivity index (χ2n) is 5.73. The maximum absolute atomic E-state index is 4.62. The highest BCUT2D eigenvalue weighted by Crippen LogP contribution is 2.07. The van der Waals surface area contributed by atoms with Crippen LogP contribution in [0.5, 0.6) is 0 Å². The molecule has 0 fully saturated rings. The summed E-state index contributed by atoms with van der Waals surface area (Å²) in [5.74, 6) is 1.61. The van der Waals surface area contributed by atoms with Gasteiger partial charge in [0.15, 0.2) is 11.9 Å². The van der Waals surface area contributed by atoms with Crippen LogP contribution in [-0.2, 0) is 0 Å². The Balaban J connectivity index is 1.75. The quantitative estimate of drug-likeness (QED) is 0.628. The molecule has 6 heteroatoms. The molecule has 0 radical (unpaired) electrons. The van der Waals surface area contributed by atoms with Gasteiger partial charge < -0.3 is 10.2 Å². The Kier molecular flexibility index (Phi) is 7.22. The Hall–Kier alpha value is -1.56. The molecular formula is C16H28N6. The molecule has 2 rings (SSSR count). The number of hydrogen-bond acceptors (Lipinski definition) is 5. The van der Waals surface area contributed by atoms with Gasteiger partial charge in [-0.3, -0.25) is 9.98 Å². The van der Waals surface area contributed by atoms with Crippen LogP contribution >= 0.6 is 0 Å². The van der Waals surface area contributed by atoms with Crippen LogP contribution in [0.4, 0.5) is 0 Å². The summed E-state index contributed by atoms with van der Waals surface area (Å²) in [7, 11) is 0. The van der Waals surface area contributed by atoms with E-state index < -0.39 is 0 Å². The molecular weight excluding hydrogens is 276 g/mol. The van der Waals surface area contributed by atoms with E-state index in [4.69, 9.17) is 0 Å². The lowest BCUT2D eigenvalue weighted by Crippen LogP contribution is -2.40. The zero-order valence-corrected chi connectivity index (χ0v) is 13.8. The van der Waals surface area contributed by atoms with E-state index in [0.29, 0.717) is 0 Å². The molecule has 0 spiro atoms. The van der Waals surface area contributed by atoms with Crippen molar-refractivity contribution in [2.45, 2.75) is 52.0 Å². The monoisotopic (exact) mass is 304 g/mol. The minimum atomic E-state index is -0.110. The summed E-state index contributed by atoms with van der Waals surface area (Å²) in [5, 5.41) is 3.01. The standard InChI is InChI=1S/C16H28N6/c1-3-5-9-22(10-6-4-2)11-7-8-17-15-14-16(19-12-18-14)21-13-20-15/h12-14H,3-11H2,1-2H3,(H,17,18,19,20,21). The van der Waals surface area contributed by atoms with Crippen molar-refractivity contribution in [2.75, 3.05) is 26.2 Å². The van der Waals surface area contributed by atoms with Gasteiger partial charge in [-0.15, -0.1) is 0 Å². The fourth-order valence-corrected chi connectivity index (χ4v) is 2.56. The topological polar surface area (TPSA) is 64.7 Å². The summed E-state index contributed by atoms with van der Waals surface area (Å²) in [6, 6.07) is -0.110. The number of rotatable bonds is 10. The molecule has 2 heterocycles. The first-order valence-corrected chi connectivity index (χ1v) is 8.50. The Morgan fingerprint density at radius 2 is 1.86 bits per heavy atom. The molecule has 0 aromatic rings. The van der Waals surface area contributed by atoms with Gasteiger partial charge >= 0.3 is 0 Å². The third kappa shape index (κ3) is 5.02. The number of aliphatic imine (C=N–C) groups is 4.